The van der Waals surface area contributed by atoms with E-state index in [2.05, 4.69) is 21.2 Å². The van der Waals surface area contributed by atoms with E-state index in [0.29, 0.717) is 17.2 Å². The molecule has 0 unspecified atom stereocenters. The number of halogens is 1. The van der Waals surface area contributed by atoms with Crippen molar-refractivity contribution in [2.45, 2.75) is 13.8 Å². The highest BCUT2D eigenvalue weighted by Gasteiger charge is 2.34. The van der Waals surface area contributed by atoms with Gasteiger partial charge in [-0.1, -0.05) is 22.0 Å². The highest BCUT2D eigenvalue weighted by atomic mass is 79.9. The average molecular weight is 524 g/mol. The fourth-order valence-corrected chi connectivity index (χ4v) is 4.69. The van der Waals surface area contributed by atoms with Crippen molar-refractivity contribution in [3.63, 3.8) is 0 Å². The van der Waals surface area contributed by atoms with E-state index in [1.165, 1.54) is 4.90 Å². The Morgan fingerprint density at radius 1 is 1.03 bits per heavy atom. The molecule has 166 valence electrons. The average Bonchev–Trinajstić information content (AvgIpc) is 3.34. The van der Waals surface area contributed by atoms with Gasteiger partial charge in [-0.15, -0.1) is 0 Å². The number of carbonyl (C=O) groups excluding carboxylic acids is 2. The minimum absolute atomic E-state index is 0.00881. The number of aryl methyl sites for hydroxylation is 1. The third-order valence-corrected chi connectivity index (χ3v) is 6.33. The summed E-state index contributed by atoms with van der Waals surface area (Å²) in [5.74, 6) is 0.385. The topological polar surface area (TPSA) is 72.8 Å². The number of rotatable bonds is 3. The monoisotopic (exact) mass is 523 g/mol. The van der Waals surface area contributed by atoms with Gasteiger partial charge < -0.3 is 14.0 Å². The van der Waals surface area contributed by atoms with Gasteiger partial charge >= 0.3 is 0 Å². The predicted molar refractivity (Wildman–Crippen MR) is 132 cm³/mol. The van der Waals surface area contributed by atoms with E-state index in [0.717, 1.165) is 27.1 Å². The third kappa shape index (κ3) is 3.73. The number of nitrogens with zero attached hydrogens (tertiary/aromatic N) is 2. The Hall–Kier alpha value is -3.43. The van der Waals surface area contributed by atoms with Crippen molar-refractivity contribution in [1.82, 2.24) is 9.88 Å². The molecule has 9 heteroatoms. The van der Waals surface area contributed by atoms with E-state index in [9.17, 15) is 9.59 Å². The highest BCUT2D eigenvalue weighted by molar-refractivity contribution is 9.10. The number of amides is 2. The second kappa shape index (κ2) is 8.17. The number of thiocarbonyl (C=S) groups is 1. The Labute approximate surface area is 203 Å². The fourth-order valence-electron chi connectivity index (χ4n) is 4.02. The first-order chi connectivity index (χ1) is 15.8. The van der Waals surface area contributed by atoms with Crippen LogP contribution in [0.15, 0.2) is 58.6 Å². The first-order valence-corrected chi connectivity index (χ1v) is 11.3. The maximum Gasteiger partial charge on any atom is 0.270 e. The van der Waals surface area contributed by atoms with Gasteiger partial charge in [-0.25, -0.2) is 0 Å². The van der Waals surface area contributed by atoms with Crippen LogP contribution in [0.1, 0.15) is 17.0 Å². The minimum Gasteiger partial charge on any atom is -0.454 e. The van der Waals surface area contributed by atoms with E-state index in [-0.39, 0.29) is 17.5 Å². The number of fused-ring (bicyclic) bond motifs is 1. The molecule has 5 rings (SSSR count). The van der Waals surface area contributed by atoms with E-state index >= 15 is 0 Å². The standard InChI is InChI=1S/C24H18BrN3O4S/c1-13-8-15(14(2)27(13)18-6-7-20-21(11-18)32-12-31-20)9-19-22(29)26-24(33)28(23(19)30)17-5-3-4-16(25)10-17/h3-11H,12H2,1-2H3,(H,26,29,33)/b19-9+. The smallest absolute Gasteiger partial charge is 0.270 e. The van der Waals surface area contributed by atoms with Gasteiger partial charge in [0, 0.05) is 27.6 Å². The molecule has 1 saturated heterocycles. The molecule has 1 fully saturated rings. The summed E-state index contributed by atoms with van der Waals surface area (Å²) in [6.07, 6.45) is 1.61. The normalized spacial score (nSPS) is 16.5. The Morgan fingerprint density at radius 2 is 1.82 bits per heavy atom. The second-order valence-corrected chi connectivity index (χ2v) is 8.94. The summed E-state index contributed by atoms with van der Waals surface area (Å²) in [6, 6.07) is 14.8. The number of hydrogen-bond donors (Lipinski definition) is 1. The van der Waals surface area contributed by atoms with Crippen LogP contribution in [0.3, 0.4) is 0 Å². The molecule has 2 amide bonds. The van der Waals surface area contributed by atoms with Gasteiger partial charge in [0.2, 0.25) is 6.79 Å². The largest absolute Gasteiger partial charge is 0.454 e. The number of benzene rings is 2. The lowest BCUT2D eigenvalue weighted by Crippen LogP contribution is -2.54. The molecule has 0 spiro atoms. The molecule has 33 heavy (non-hydrogen) atoms. The number of nitrogens with one attached hydrogen (secondary N) is 1. The Kier molecular flexibility index (Phi) is 5.30. The summed E-state index contributed by atoms with van der Waals surface area (Å²) in [6.45, 7) is 4.10. The molecule has 2 aliphatic heterocycles. The van der Waals surface area contributed by atoms with E-state index in [1.807, 2.05) is 48.7 Å². The summed E-state index contributed by atoms with van der Waals surface area (Å²) in [7, 11) is 0. The lowest BCUT2D eigenvalue weighted by Gasteiger charge is -2.29. The van der Waals surface area contributed by atoms with Crippen molar-refractivity contribution in [1.29, 1.82) is 0 Å². The molecule has 0 atom stereocenters. The zero-order valence-electron chi connectivity index (χ0n) is 17.7. The van der Waals surface area contributed by atoms with Gasteiger partial charge in [0.05, 0.1) is 5.69 Å². The molecule has 0 radical (unpaired) electrons. The summed E-state index contributed by atoms with van der Waals surface area (Å²) in [5, 5.41) is 2.67. The first-order valence-electron chi connectivity index (χ1n) is 10.1. The van der Waals surface area contributed by atoms with E-state index in [1.54, 1.807) is 24.3 Å². The van der Waals surface area contributed by atoms with Gasteiger partial charge in [-0.3, -0.25) is 19.8 Å². The summed E-state index contributed by atoms with van der Waals surface area (Å²) in [4.78, 5) is 27.3. The molecule has 3 aromatic rings. The number of hydrogen-bond acceptors (Lipinski definition) is 5. The maximum absolute atomic E-state index is 13.3. The van der Waals surface area contributed by atoms with Crippen LogP contribution in [0.25, 0.3) is 11.8 Å². The number of aromatic nitrogens is 1. The molecular weight excluding hydrogens is 506 g/mol. The molecular formula is C24H18BrN3O4S. The summed E-state index contributed by atoms with van der Waals surface area (Å²) < 4.78 is 13.7. The van der Waals surface area contributed by atoms with Gasteiger partial charge in [0.25, 0.3) is 11.8 Å². The van der Waals surface area contributed by atoms with Crippen molar-refractivity contribution in [3.8, 4) is 17.2 Å². The van der Waals surface area contributed by atoms with E-state index < -0.39 is 11.8 Å². The van der Waals surface area contributed by atoms with Crippen LogP contribution in [-0.4, -0.2) is 28.3 Å². The minimum atomic E-state index is -0.524. The number of ether oxygens (including phenoxy) is 2. The van der Waals surface area contributed by atoms with Crippen LogP contribution in [0.2, 0.25) is 0 Å². The summed E-state index contributed by atoms with van der Waals surface area (Å²) in [5.41, 5.74) is 4.05. The third-order valence-electron chi connectivity index (χ3n) is 5.55. The number of anilines is 1. The Balaban J connectivity index is 1.54. The Bertz CT molecular complexity index is 1380. The molecule has 7 nitrogen and oxygen atoms in total. The molecule has 0 bridgehead atoms. The van der Waals surface area contributed by atoms with Crippen molar-refractivity contribution < 1.29 is 19.1 Å². The molecule has 1 aromatic heterocycles. The van der Waals surface area contributed by atoms with E-state index in [4.69, 9.17) is 21.7 Å². The van der Waals surface area contributed by atoms with Crippen LogP contribution in [0, 0.1) is 13.8 Å². The lowest BCUT2D eigenvalue weighted by atomic mass is 10.1. The van der Waals surface area contributed by atoms with Crippen molar-refractivity contribution in [2.75, 3.05) is 11.7 Å². The Morgan fingerprint density at radius 3 is 2.61 bits per heavy atom. The van der Waals surface area contributed by atoms with Crippen molar-refractivity contribution in [2.24, 2.45) is 0 Å². The SMILES string of the molecule is Cc1cc(/C=C2\C(=O)NC(=S)N(c3cccc(Br)c3)C2=O)c(C)n1-c1ccc2c(c1)OCO2. The second-order valence-electron chi connectivity index (χ2n) is 7.64. The predicted octanol–water partition coefficient (Wildman–Crippen LogP) is 4.42. The first kappa shape index (κ1) is 21.4. The zero-order valence-corrected chi connectivity index (χ0v) is 20.1. The zero-order chi connectivity index (χ0) is 23.3. The molecule has 0 aliphatic carbocycles. The molecule has 2 aliphatic rings. The van der Waals surface area contributed by atoms with Crippen LogP contribution in [0.4, 0.5) is 5.69 Å². The van der Waals surface area contributed by atoms with Gasteiger partial charge in [-0.2, -0.15) is 0 Å². The highest BCUT2D eigenvalue weighted by Crippen LogP contribution is 2.35. The summed E-state index contributed by atoms with van der Waals surface area (Å²) >= 11 is 8.69. The van der Waals surface area contributed by atoms with Crippen molar-refractivity contribution >= 4 is 56.8 Å². The lowest BCUT2D eigenvalue weighted by molar-refractivity contribution is -0.122. The molecule has 3 heterocycles. The van der Waals surface area contributed by atoms with Gasteiger partial charge in [0.15, 0.2) is 16.6 Å². The molecule has 0 saturated carbocycles. The van der Waals surface area contributed by atoms with Crippen LogP contribution in [0.5, 0.6) is 11.5 Å². The van der Waals surface area contributed by atoms with Crippen LogP contribution in [-0.2, 0) is 9.59 Å². The van der Waals surface area contributed by atoms with Crippen LogP contribution >= 0.6 is 28.1 Å². The van der Waals surface area contributed by atoms with Gasteiger partial charge in [0.1, 0.15) is 5.57 Å². The fraction of sp³-hybridized carbons (Fsp3) is 0.125. The van der Waals surface area contributed by atoms with Crippen LogP contribution < -0.4 is 19.7 Å². The maximum atomic E-state index is 13.3. The van der Waals surface area contributed by atoms with Crippen molar-refractivity contribution in [3.05, 3.63) is 75.5 Å². The molecule has 2 aromatic carbocycles. The number of carbonyl (C=O) groups is 2. The molecule has 1 N–H and O–H groups in total. The quantitative estimate of drug-likeness (QED) is 0.312. The van der Waals surface area contributed by atoms with Gasteiger partial charge in [-0.05, 0) is 74.1 Å².